The number of nitrogens with zero attached hydrogens (tertiary/aromatic N) is 2. The number of nitrogens with one attached hydrogen (secondary N) is 1. The van der Waals surface area contributed by atoms with Gasteiger partial charge in [0.1, 0.15) is 11.6 Å². The van der Waals surface area contributed by atoms with E-state index in [1.54, 1.807) is 0 Å². The second kappa shape index (κ2) is 8.14. The minimum atomic E-state index is -0.521. The van der Waals surface area contributed by atoms with Gasteiger partial charge in [-0.15, -0.1) is 0 Å². The Hall–Kier alpha value is -2.21. The van der Waals surface area contributed by atoms with E-state index in [2.05, 4.69) is 41.7 Å². The fraction of sp³-hybridized carbons (Fsp3) is 0.625. The van der Waals surface area contributed by atoms with Crippen molar-refractivity contribution in [1.29, 1.82) is 0 Å². The lowest BCUT2D eigenvalue weighted by Crippen LogP contribution is -2.47. The molecule has 1 aliphatic heterocycles. The maximum Gasteiger partial charge on any atom is 0.255 e. The van der Waals surface area contributed by atoms with E-state index in [0.29, 0.717) is 17.6 Å². The van der Waals surface area contributed by atoms with E-state index in [9.17, 15) is 4.79 Å². The van der Waals surface area contributed by atoms with E-state index in [1.165, 1.54) is 24.0 Å². The number of hydrogen-bond donors (Lipinski definition) is 1. The number of hydrogen-bond acceptors (Lipinski definition) is 5. The van der Waals surface area contributed by atoms with E-state index in [4.69, 9.17) is 14.2 Å². The van der Waals surface area contributed by atoms with Gasteiger partial charge in [-0.2, -0.15) is 4.98 Å². The Morgan fingerprint density at radius 3 is 2.67 bits per heavy atom. The van der Waals surface area contributed by atoms with Crippen LogP contribution in [-0.4, -0.2) is 22.7 Å². The first-order valence-corrected chi connectivity index (χ1v) is 11.5. The average molecular weight is 410 g/mol. The molecule has 1 aromatic carbocycles. The Balaban J connectivity index is 1.36. The van der Waals surface area contributed by atoms with Crippen LogP contribution in [0.15, 0.2) is 28.8 Å². The summed E-state index contributed by atoms with van der Waals surface area (Å²) in [6, 6.07) is 8.40. The molecule has 3 aliphatic rings. The molecule has 3 unspecified atom stereocenters. The van der Waals surface area contributed by atoms with Gasteiger partial charge in [-0.05, 0) is 56.1 Å². The fourth-order valence-corrected chi connectivity index (χ4v) is 5.23. The summed E-state index contributed by atoms with van der Waals surface area (Å²) in [7, 11) is 0. The van der Waals surface area contributed by atoms with Crippen molar-refractivity contribution in [2.75, 3.05) is 6.61 Å². The quantitative estimate of drug-likeness (QED) is 0.725. The highest BCUT2D eigenvalue weighted by atomic mass is 16.5. The normalized spacial score (nSPS) is 28.1. The molecule has 2 aliphatic carbocycles. The lowest BCUT2D eigenvalue weighted by molar-refractivity contribution is -0.124. The molecule has 3 atom stereocenters. The smallest absolute Gasteiger partial charge is 0.255 e. The van der Waals surface area contributed by atoms with Crippen molar-refractivity contribution in [2.24, 2.45) is 5.92 Å². The van der Waals surface area contributed by atoms with Crippen LogP contribution < -0.4 is 5.32 Å². The maximum absolute atomic E-state index is 13.3. The minimum Gasteiger partial charge on any atom is -0.368 e. The lowest BCUT2D eigenvalue weighted by atomic mass is 9.88. The van der Waals surface area contributed by atoms with Crippen LogP contribution >= 0.6 is 0 Å². The van der Waals surface area contributed by atoms with Crippen molar-refractivity contribution >= 4 is 5.91 Å². The van der Waals surface area contributed by atoms with Crippen LogP contribution in [-0.2, 0) is 15.1 Å². The summed E-state index contributed by atoms with van der Waals surface area (Å²) in [4.78, 5) is 18.0. The first-order valence-electron chi connectivity index (χ1n) is 11.5. The summed E-state index contributed by atoms with van der Waals surface area (Å²) in [5.74, 6) is 1.69. The molecule has 1 amide bonds. The van der Waals surface area contributed by atoms with Crippen LogP contribution in [0.3, 0.4) is 0 Å². The highest BCUT2D eigenvalue weighted by Gasteiger charge is 2.48. The molecular weight excluding hydrogens is 378 g/mol. The zero-order valence-electron chi connectivity index (χ0n) is 17.7. The molecule has 0 radical (unpaired) electrons. The average Bonchev–Trinajstić information content (AvgIpc) is 3.16. The molecular formula is C24H31N3O3. The van der Waals surface area contributed by atoms with Gasteiger partial charge in [0.05, 0.1) is 0 Å². The van der Waals surface area contributed by atoms with Crippen LogP contribution in [0.1, 0.15) is 92.7 Å². The number of carbonyl (C=O) groups excluding carboxylic acids is 1. The van der Waals surface area contributed by atoms with Crippen molar-refractivity contribution in [2.45, 2.75) is 82.3 Å². The minimum absolute atomic E-state index is 0.0377. The van der Waals surface area contributed by atoms with E-state index >= 15 is 0 Å². The Bertz CT molecular complexity index is 895. The summed E-state index contributed by atoms with van der Waals surface area (Å²) in [5.41, 5.74) is 2.04. The van der Waals surface area contributed by atoms with Gasteiger partial charge >= 0.3 is 0 Å². The van der Waals surface area contributed by atoms with Crippen molar-refractivity contribution in [1.82, 2.24) is 15.5 Å². The number of aryl methyl sites for hydroxylation is 1. The molecule has 0 spiro atoms. The van der Waals surface area contributed by atoms with E-state index in [1.807, 2.05) is 0 Å². The van der Waals surface area contributed by atoms with Crippen LogP contribution in [0.5, 0.6) is 0 Å². The molecule has 30 heavy (non-hydrogen) atoms. The van der Waals surface area contributed by atoms with Gasteiger partial charge in [0, 0.05) is 12.5 Å². The second-order valence-electron chi connectivity index (χ2n) is 9.25. The molecule has 2 aromatic rings. The molecule has 2 heterocycles. The first-order chi connectivity index (χ1) is 14.7. The number of aromatic nitrogens is 2. The molecule has 1 N–H and O–H groups in total. The summed E-state index contributed by atoms with van der Waals surface area (Å²) in [6.07, 6.45) is 8.99. The number of rotatable bonds is 5. The molecule has 0 bridgehead atoms. The van der Waals surface area contributed by atoms with Gasteiger partial charge in [0.2, 0.25) is 5.91 Å². The van der Waals surface area contributed by atoms with Crippen molar-refractivity contribution in [3.8, 4) is 0 Å². The number of benzene rings is 1. The summed E-state index contributed by atoms with van der Waals surface area (Å²) >= 11 is 0. The largest absolute Gasteiger partial charge is 0.368 e. The predicted molar refractivity (Wildman–Crippen MR) is 112 cm³/mol. The molecule has 6 nitrogen and oxygen atoms in total. The Morgan fingerprint density at radius 2 is 1.93 bits per heavy atom. The van der Waals surface area contributed by atoms with Crippen LogP contribution in [0.2, 0.25) is 0 Å². The fourth-order valence-electron chi connectivity index (χ4n) is 5.23. The van der Waals surface area contributed by atoms with Gasteiger partial charge in [0.25, 0.3) is 5.89 Å². The third-order valence-corrected chi connectivity index (χ3v) is 7.11. The second-order valence-corrected chi connectivity index (χ2v) is 9.25. The van der Waals surface area contributed by atoms with E-state index < -0.39 is 5.54 Å². The van der Waals surface area contributed by atoms with Crippen LogP contribution in [0, 0.1) is 12.8 Å². The third kappa shape index (κ3) is 3.78. The monoisotopic (exact) mass is 409 g/mol. The van der Waals surface area contributed by atoms with Gasteiger partial charge in [-0.3, -0.25) is 4.79 Å². The van der Waals surface area contributed by atoms with E-state index in [0.717, 1.165) is 51.6 Å². The summed E-state index contributed by atoms with van der Waals surface area (Å²) in [5, 5.41) is 7.75. The molecule has 6 heteroatoms. The molecule has 1 saturated heterocycles. The first kappa shape index (κ1) is 19.7. The lowest BCUT2D eigenvalue weighted by Gasteiger charge is -2.31. The number of carbonyl (C=O) groups is 1. The molecule has 3 fully saturated rings. The summed E-state index contributed by atoms with van der Waals surface area (Å²) < 4.78 is 11.3. The third-order valence-electron chi connectivity index (χ3n) is 7.11. The van der Waals surface area contributed by atoms with Crippen molar-refractivity contribution in [3.05, 3.63) is 47.1 Å². The molecule has 1 aromatic heterocycles. The zero-order valence-corrected chi connectivity index (χ0v) is 17.7. The highest BCUT2D eigenvalue weighted by molar-refractivity contribution is 5.83. The SMILES string of the molecule is Cc1ccccc1C1CC1C(=O)NC1(c2noc(C3CCCO3)n2)CCCCCC1. The predicted octanol–water partition coefficient (Wildman–Crippen LogP) is 4.70. The summed E-state index contributed by atoms with van der Waals surface area (Å²) in [6.45, 7) is 2.87. The zero-order chi connectivity index (χ0) is 20.6. The topological polar surface area (TPSA) is 77.2 Å². The standard InChI is InChI=1S/C24H31N3O3/c1-16-9-4-5-10-17(16)18-15-19(18)21(28)26-24(12-6-2-3-7-13-24)23-25-22(30-27-23)20-11-8-14-29-20/h4-5,9-10,18-20H,2-3,6-8,11-15H2,1H3,(H,26,28). The number of amides is 1. The maximum atomic E-state index is 13.3. The van der Waals surface area contributed by atoms with Crippen LogP contribution in [0.4, 0.5) is 0 Å². The Kier molecular flexibility index (Phi) is 5.35. The van der Waals surface area contributed by atoms with Gasteiger partial charge in [0.15, 0.2) is 5.82 Å². The van der Waals surface area contributed by atoms with Crippen LogP contribution in [0.25, 0.3) is 0 Å². The van der Waals surface area contributed by atoms with Gasteiger partial charge < -0.3 is 14.6 Å². The molecule has 5 rings (SSSR count). The molecule has 2 saturated carbocycles. The highest BCUT2D eigenvalue weighted by Crippen LogP contribution is 2.49. The Labute approximate surface area is 177 Å². The van der Waals surface area contributed by atoms with E-state index in [-0.39, 0.29) is 17.9 Å². The Morgan fingerprint density at radius 1 is 1.13 bits per heavy atom. The number of ether oxygens (including phenoxy) is 1. The molecule has 160 valence electrons. The van der Waals surface area contributed by atoms with Crippen molar-refractivity contribution in [3.63, 3.8) is 0 Å². The van der Waals surface area contributed by atoms with Gasteiger partial charge in [-0.25, -0.2) is 0 Å². The van der Waals surface area contributed by atoms with Crippen molar-refractivity contribution < 1.29 is 14.1 Å². The van der Waals surface area contributed by atoms with Gasteiger partial charge in [-0.1, -0.05) is 55.1 Å².